The molecule has 1 aromatic heterocycles. The minimum atomic E-state index is 0.0510. The van der Waals surface area contributed by atoms with Crippen LogP contribution in [-0.4, -0.2) is 65.9 Å². The zero-order valence-corrected chi connectivity index (χ0v) is 16.4. The second kappa shape index (κ2) is 9.83. The number of likely N-dealkylation sites (tertiary alicyclic amines) is 2. The van der Waals surface area contributed by atoms with Crippen molar-refractivity contribution in [1.82, 2.24) is 20.1 Å². The van der Waals surface area contributed by atoms with Crippen LogP contribution < -0.4 is 5.32 Å². The van der Waals surface area contributed by atoms with E-state index in [4.69, 9.17) is 0 Å². The molecule has 0 radical (unpaired) electrons. The molecule has 0 aromatic carbocycles. The van der Waals surface area contributed by atoms with Gasteiger partial charge in [-0.3, -0.25) is 14.6 Å². The Hall–Kier alpha value is -1.95. The van der Waals surface area contributed by atoms with Crippen molar-refractivity contribution in [1.29, 1.82) is 0 Å². The number of amides is 2. The summed E-state index contributed by atoms with van der Waals surface area (Å²) in [6.45, 7) is 7.64. The Morgan fingerprint density at radius 3 is 2.74 bits per heavy atom. The van der Waals surface area contributed by atoms with Gasteiger partial charge in [-0.2, -0.15) is 0 Å². The van der Waals surface area contributed by atoms with Crippen LogP contribution in [0.2, 0.25) is 0 Å². The summed E-state index contributed by atoms with van der Waals surface area (Å²) >= 11 is 0. The molecule has 0 aliphatic carbocycles. The molecule has 1 N–H and O–H groups in total. The summed E-state index contributed by atoms with van der Waals surface area (Å²) in [6, 6.07) is 3.61. The van der Waals surface area contributed by atoms with Gasteiger partial charge in [-0.05, 0) is 56.3 Å². The maximum absolute atomic E-state index is 12.7. The second-order valence-corrected chi connectivity index (χ2v) is 7.81. The standard InChI is InChI=1S/C21H32N4O2/c1-2-17-16-25(21(27)19-6-5-8-22-15-19)12-7-18(17)14-20(26)23-9-13-24-10-3-4-11-24/h5-6,8,15,17-18H,2-4,7,9-14,16H2,1H3,(H,23,26)/t17-,18+/m1/s1. The predicted molar refractivity (Wildman–Crippen MR) is 105 cm³/mol. The van der Waals surface area contributed by atoms with Crippen LogP contribution in [0.4, 0.5) is 0 Å². The van der Waals surface area contributed by atoms with Crippen molar-refractivity contribution >= 4 is 11.8 Å². The average Bonchev–Trinajstić information content (AvgIpc) is 3.22. The number of nitrogens with zero attached hydrogens (tertiary/aromatic N) is 3. The summed E-state index contributed by atoms with van der Waals surface area (Å²) in [5, 5.41) is 3.09. The lowest BCUT2D eigenvalue weighted by molar-refractivity contribution is -0.122. The number of hydrogen-bond acceptors (Lipinski definition) is 4. The van der Waals surface area contributed by atoms with E-state index in [2.05, 4.69) is 22.1 Å². The lowest BCUT2D eigenvalue weighted by Crippen LogP contribution is -2.45. The zero-order chi connectivity index (χ0) is 19.1. The first-order valence-electron chi connectivity index (χ1n) is 10.4. The molecule has 2 aliphatic rings. The molecule has 2 atom stereocenters. The van der Waals surface area contributed by atoms with Crippen molar-refractivity contribution in [3.8, 4) is 0 Å². The fraction of sp³-hybridized carbons (Fsp3) is 0.667. The van der Waals surface area contributed by atoms with Crippen LogP contribution in [0.5, 0.6) is 0 Å². The van der Waals surface area contributed by atoms with Crippen molar-refractivity contribution < 1.29 is 9.59 Å². The van der Waals surface area contributed by atoms with E-state index in [1.165, 1.54) is 12.8 Å². The molecule has 6 nitrogen and oxygen atoms in total. The molecule has 2 aliphatic heterocycles. The number of carbonyl (C=O) groups excluding carboxylic acids is 2. The molecule has 2 fully saturated rings. The highest BCUT2D eigenvalue weighted by atomic mass is 16.2. The summed E-state index contributed by atoms with van der Waals surface area (Å²) < 4.78 is 0. The molecule has 0 saturated carbocycles. The molecular formula is C21H32N4O2. The molecular weight excluding hydrogens is 340 g/mol. The molecule has 2 amide bonds. The van der Waals surface area contributed by atoms with Gasteiger partial charge in [0.15, 0.2) is 0 Å². The monoisotopic (exact) mass is 372 g/mol. The van der Waals surface area contributed by atoms with Crippen LogP contribution in [0.1, 0.15) is 49.4 Å². The van der Waals surface area contributed by atoms with Gasteiger partial charge in [-0.15, -0.1) is 0 Å². The number of pyridine rings is 1. The zero-order valence-electron chi connectivity index (χ0n) is 16.4. The van der Waals surface area contributed by atoms with Gasteiger partial charge in [0.05, 0.1) is 5.56 Å². The Bertz CT molecular complexity index is 616. The predicted octanol–water partition coefficient (Wildman–Crippen LogP) is 2.17. The fourth-order valence-electron chi connectivity index (χ4n) is 4.34. The van der Waals surface area contributed by atoms with E-state index < -0.39 is 0 Å². The van der Waals surface area contributed by atoms with Crippen LogP contribution in [0.3, 0.4) is 0 Å². The number of nitrogens with one attached hydrogen (secondary N) is 1. The third-order valence-electron chi connectivity index (χ3n) is 6.01. The minimum Gasteiger partial charge on any atom is -0.355 e. The maximum atomic E-state index is 12.7. The van der Waals surface area contributed by atoms with Gasteiger partial charge < -0.3 is 15.1 Å². The van der Waals surface area contributed by atoms with E-state index in [-0.39, 0.29) is 11.8 Å². The first-order valence-corrected chi connectivity index (χ1v) is 10.4. The van der Waals surface area contributed by atoms with E-state index >= 15 is 0 Å². The molecule has 0 spiro atoms. The van der Waals surface area contributed by atoms with Crippen LogP contribution in [-0.2, 0) is 4.79 Å². The highest BCUT2D eigenvalue weighted by Gasteiger charge is 2.32. The van der Waals surface area contributed by atoms with Crippen molar-refractivity contribution in [2.45, 2.75) is 39.0 Å². The fourth-order valence-corrected chi connectivity index (χ4v) is 4.34. The lowest BCUT2D eigenvalue weighted by atomic mass is 9.81. The second-order valence-electron chi connectivity index (χ2n) is 7.81. The number of rotatable bonds is 7. The van der Waals surface area contributed by atoms with Gasteiger partial charge >= 0.3 is 0 Å². The molecule has 3 heterocycles. The third kappa shape index (κ3) is 5.51. The third-order valence-corrected chi connectivity index (χ3v) is 6.01. The van der Waals surface area contributed by atoms with Crippen molar-refractivity contribution in [3.05, 3.63) is 30.1 Å². The Kier molecular flexibility index (Phi) is 7.21. The molecule has 2 saturated heterocycles. The molecule has 0 unspecified atom stereocenters. The molecule has 148 valence electrons. The van der Waals surface area contributed by atoms with Gasteiger partial charge in [0.1, 0.15) is 0 Å². The van der Waals surface area contributed by atoms with Gasteiger partial charge in [0.2, 0.25) is 5.91 Å². The maximum Gasteiger partial charge on any atom is 0.255 e. The summed E-state index contributed by atoms with van der Waals surface area (Å²) in [7, 11) is 0. The van der Waals surface area contributed by atoms with Crippen LogP contribution in [0.25, 0.3) is 0 Å². The van der Waals surface area contributed by atoms with Crippen LogP contribution in [0, 0.1) is 11.8 Å². The van der Waals surface area contributed by atoms with E-state index in [1.54, 1.807) is 18.5 Å². The Balaban J connectivity index is 1.45. The Labute approximate surface area is 162 Å². The quantitative estimate of drug-likeness (QED) is 0.797. The molecule has 27 heavy (non-hydrogen) atoms. The summed E-state index contributed by atoms with van der Waals surface area (Å²) in [5.74, 6) is 0.947. The normalized spacial score (nSPS) is 23.4. The minimum absolute atomic E-state index is 0.0510. The largest absolute Gasteiger partial charge is 0.355 e. The van der Waals surface area contributed by atoms with E-state index in [0.29, 0.717) is 23.8 Å². The van der Waals surface area contributed by atoms with Crippen molar-refractivity contribution in [3.63, 3.8) is 0 Å². The van der Waals surface area contributed by atoms with E-state index in [9.17, 15) is 9.59 Å². The number of aromatic nitrogens is 1. The molecule has 6 heteroatoms. The molecule has 1 aromatic rings. The highest BCUT2D eigenvalue weighted by Crippen LogP contribution is 2.29. The lowest BCUT2D eigenvalue weighted by Gasteiger charge is -2.38. The first-order chi connectivity index (χ1) is 13.2. The summed E-state index contributed by atoms with van der Waals surface area (Å²) in [5.41, 5.74) is 0.644. The Morgan fingerprint density at radius 1 is 1.22 bits per heavy atom. The van der Waals surface area contributed by atoms with Crippen LogP contribution >= 0.6 is 0 Å². The number of piperidine rings is 1. The number of hydrogen-bond donors (Lipinski definition) is 1. The molecule has 0 bridgehead atoms. The SMILES string of the molecule is CC[C@@H]1CN(C(=O)c2cccnc2)CC[C@H]1CC(=O)NCCN1CCCC1. The first kappa shape index (κ1) is 19.8. The number of carbonyl (C=O) groups is 2. The summed E-state index contributed by atoms with van der Waals surface area (Å²) in [4.78, 5) is 33.4. The van der Waals surface area contributed by atoms with E-state index in [0.717, 1.165) is 52.1 Å². The van der Waals surface area contributed by atoms with Gasteiger partial charge in [0.25, 0.3) is 5.91 Å². The average molecular weight is 373 g/mol. The van der Waals surface area contributed by atoms with E-state index in [1.807, 2.05) is 11.0 Å². The topological polar surface area (TPSA) is 65.5 Å². The van der Waals surface area contributed by atoms with Gasteiger partial charge in [-0.1, -0.05) is 13.3 Å². The Morgan fingerprint density at radius 2 is 2.04 bits per heavy atom. The van der Waals surface area contributed by atoms with Crippen LogP contribution in [0.15, 0.2) is 24.5 Å². The van der Waals surface area contributed by atoms with Crippen molar-refractivity contribution in [2.24, 2.45) is 11.8 Å². The smallest absolute Gasteiger partial charge is 0.255 e. The van der Waals surface area contributed by atoms with Crippen molar-refractivity contribution in [2.75, 3.05) is 39.3 Å². The van der Waals surface area contributed by atoms with Gasteiger partial charge in [0, 0.05) is 45.0 Å². The molecule has 3 rings (SSSR count). The van der Waals surface area contributed by atoms with Gasteiger partial charge in [-0.25, -0.2) is 0 Å². The highest BCUT2D eigenvalue weighted by molar-refractivity contribution is 5.94. The summed E-state index contributed by atoms with van der Waals surface area (Å²) in [6.07, 6.45) is 8.33.